The van der Waals surface area contributed by atoms with Crippen molar-refractivity contribution in [3.8, 4) is 5.75 Å². The van der Waals surface area contributed by atoms with E-state index in [9.17, 15) is 13.2 Å². The van der Waals surface area contributed by atoms with Crippen LogP contribution in [0, 0.1) is 12.8 Å². The number of amides is 1. The van der Waals surface area contributed by atoms with E-state index in [4.69, 9.17) is 9.84 Å². The zero-order chi connectivity index (χ0) is 20.3. The van der Waals surface area contributed by atoms with Crippen LogP contribution in [0.3, 0.4) is 0 Å². The van der Waals surface area contributed by atoms with E-state index in [0.29, 0.717) is 43.1 Å². The van der Waals surface area contributed by atoms with Crippen LogP contribution in [-0.4, -0.2) is 79.5 Å². The molecule has 1 aromatic rings. The summed E-state index contributed by atoms with van der Waals surface area (Å²) in [4.78, 5) is 19.1. The molecular formula is C19H29N3O5S. The van der Waals surface area contributed by atoms with Crippen LogP contribution in [0.2, 0.25) is 0 Å². The zero-order valence-electron chi connectivity index (χ0n) is 16.5. The largest absolute Gasteiger partial charge is 0.491 e. The molecule has 0 radical (unpaired) electrons. The fourth-order valence-corrected chi connectivity index (χ4v) is 4.66. The molecular weight excluding hydrogens is 382 g/mol. The molecule has 0 unspecified atom stereocenters. The molecule has 2 aliphatic rings. The Hall–Kier alpha value is -1.87. The Bertz CT molecular complexity index is 798. The van der Waals surface area contributed by atoms with E-state index in [2.05, 4.69) is 9.88 Å². The van der Waals surface area contributed by atoms with Crippen LogP contribution >= 0.6 is 0 Å². The second kappa shape index (κ2) is 8.65. The number of piperazine rings is 1. The van der Waals surface area contributed by atoms with E-state index in [1.54, 1.807) is 13.0 Å². The maximum atomic E-state index is 11.6. The molecule has 156 valence electrons. The Balaban J connectivity index is 1.44. The summed E-state index contributed by atoms with van der Waals surface area (Å²) in [5.41, 5.74) is 0.591. The van der Waals surface area contributed by atoms with Gasteiger partial charge in [-0.1, -0.05) is 0 Å². The van der Waals surface area contributed by atoms with Crippen molar-refractivity contribution >= 4 is 15.9 Å². The molecule has 1 N–H and O–H groups in total. The van der Waals surface area contributed by atoms with E-state index >= 15 is 0 Å². The Morgan fingerprint density at radius 1 is 1.18 bits per heavy atom. The smallest absolute Gasteiger partial charge is 0.407 e. The van der Waals surface area contributed by atoms with Gasteiger partial charge in [-0.15, -0.1) is 0 Å². The van der Waals surface area contributed by atoms with Gasteiger partial charge in [0.05, 0.1) is 12.3 Å². The third kappa shape index (κ3) is 5.14. The number of carbonyl (C=O) groups is 1. The third-order valence-corrected chi connectivity index (χ3v) is 6.77. The second-order valence-corrected chi connectivity index (χ2v) is 9.76. The Morgan fingerprint density at radius 3 is 2.36 bits per heavy atom. The normalized spacial score (nSPS) is 24.1. The molecule has 0 atom stereocenters. The van der Waals surface area contributed by atoms with Gasteiger partial charge in [-0.2, -0.15) is 0 Å². The number of aryl methyl sites for hydroxylation is 1. The summed E-state index contributed by atoms with van der Waals surface area (Å²) < 4.78 is 29.1. The van der Waals surface area contributed by atoms with Gasteiger partial charge in [0, 0.05) is 38.5 Å². The van der Waals surface area contributed by atoms with Gasteiger partial charge in [0.15, 0.2) is 14.9 Å². The Morgan fingerprint density at radius 2 is 1.82 bits per heavy atom. The molecule has 3 rings (SSSR count). The van der Waals surface area contributed by atoms with E-state index in [-0.39, 0.29) is 5.03 Å². The number of hydrogen-bond acceptors (Lipinski definition) is 6. The lowest BCUT2D eigenvalue weighted by Gasteiger charge is -2.41. The maximum absolute atomic E-state index is 11.6. The molecule has 0 bridgehead atoms. The molecule has 1 saturated heterocycles. The number of pyridine rings is 1. The van der Waals surface area contributed by atoms with Crippen LogP contribution in [0.5, 0.6) is 5.75 Å². The molecule has 0 aromatic carbocycles. The summed E-state index contributed by atoms with van der Waals surface area (Å²) in [5.74, 6) is 1.12. The molecule has 9 heteroatoms. The van der Waals surface area contributed by atoms with Crippen molar-refractivity contribution < 1.29 is 23.1 Å². The predicted octanol–water partition coefficient (Wildman–Crippen LogP) is 2.03. The first-order valence-corrected chi connectivity index (χ1v) is 11.7. The van der Waals surface area contributed by atoms with Crippen molar-refractivity contribution in [1.82, 2.24) is 14.8 Å². The lowest BCUT2D eigenvalue weighted by atomic mass is 9.85. The quantitative estimate of drug-likeness (QED) is 0.791. The summed E-state index contributed by atoms with van der Waals surface area (Å²) in [6, 6.07) is 3.71. The first-order valence-electron chi connectivity index (χ1n) is 9.76. The fraction of sp³-hybridized carbons (Fsp3) is 0.684. The number of carboxylic acid groups (broad SMARTS) is 1. The fourth-order valence-electron chi connectivity index (χ4n) is 4.05. The molecule has 1 amide bonds. The van der Waals surface area contributed by atoms with E-state index in [1.165, 1.54) is 11.0 Å². The van der Waals surface area contributed by atoms with Gasteiger partial charge in [0.25, 0.3) is 0 Å². The predicted molar refractivity (Wildman–Crippen MR) is 104 cm³/mol. The van der Waals surface area contributed by atoms with E-state index < -0.39 is 15.9 Å². The standard InChI is InChI=1S/C19H29N3O5S/c1-14-17(7-8-18(20-14)28(2,25)26)27-13-15-3-5-16(6-4-15)21-9-11-22(12-10-21)19(23)24/h7-8,15-16H,3-6,9-13H2,1-2H3,(H,23,24)/t15-,16-. The zero-order valence-corrected chi connectivity index (χ0v) is 17.3. The van der Waals surface area contributed by atoms with Gasteiger partial charge in [-0.25, -0.2) is 18.2 Å². The number of hydrogen-bond donors (Lipinski definition) is 1. The van der Waals surface area contributed by atoms with Gasteiger partial charge in [-0.05, 0) is 50.7 Å². The molecule has 1 aliphatic heterocycles. The van der Waals surface area contributed by atoms with Gasteiger partial charge < -0.3 is 14.7 Å². The highest BCUT2D eigenvalue weighted by Crippen LogP contribution is 2.29. The van der Waals surface area contributed by atoms with Crippen molar-refractivity contribution in [3.63, 3.8) is 0 Å². The topological polar surface area (TPSA) is 100 Å². The summed E-state index contributed by atoms with van der Waals surface area (Å²) in [7, 11) is -3.31. The molecule has 1 aliphatic carbocycles. The van der Waals surface area contributed by atoms with Crippen molar-refractivity contribution in [2.45, 2.75) is 43.7 Å². The molecule has 28 heavy (non-hydrogen) atoms. The molecule has 0 spiro atoms. The number of nitrogens with zero attached hydrogens (tertiary/aromatic N) is 3. The van der Waals surface area contributed by atoms with Gasteiger partial charge in [0.1, 0.15) is 5.75 Å². The summed E-state index contributed by atoms with van der Waals surface area (Å²) in [6.45, 7) is 5.19. The number of rotatable bonds is 5. The van der Waals surface area contributed by atoms with Gasteiger partial charge >= 0.3 is 6.09 Å². The van der Waals surface area contributed by atoms with Gasteiger partial charge in [0.2, 0.25) is 0 Å². The third-order valence-electron chi connectivity index (χ3n) is 5.78. The Labute approximate surface area is 166 Å². The summed E-state index contributed by atoms with van der Waals surface area (Å²) in [5, 5.41) is 9.13. The lowest BCUT2D eigenvalue weighted by molar-refractivity contribution is 0.0618. The van der Waals surface area contributed by atoms with Crippen LogP contribution in [0.15, 0.2) is 17.2 Å². The van der Waals surface area contributed by atoms with Crippen LogP contribution in [0.25, 0.3) is 0 Å². The molecule has 2 heterocycles. The summed E-state index contributed by atoms with van der Waals surface area (Å²) >= 11 is 0. The average molecular weight is 412 g/mol. The minimum Gasteiger partial charge on any atom is -0.491 e. The maximum Gasteiger partial charge on any atom is 0.407 e. The first kappa shape index (κ1) is 20.9. The van der Waals surface area contributed by atoms with Crippen molar-refractivity contribution in [3.05, 3.63) is 17.8 Å². The number of aromatic nitrogens is 1. The first-order chi connectivity index (χ1) is 13.2. The number of ether oxygens (including phenoxy) is 1. The summed E-state index contributed by atoms with van der Waals surface area (Å²) in [6.07, 6.45) is 4.69. The van der Waals surface area contributed by atoms with E-state index in [1.807, 2.05) is 0 Å². The van der Waals surface area contributed by atoms with Gasteiger partial charge in [-0.3, -0.25) is 4.90 Å². The molecule has 8 nitrogen and oxygen atoms in total. The Kier molecular flexibility index (Phi) is 6.44. The monoisotopic (exact) mass is 411 g/mol. The van der Waals surface area contributed by atoms with Crippen LogP contribution in [-0.2, 0) is 9.84 Å². The van der Waals surface area contributed by atoms with Crippen LogP contribution in [0.4, 0.5) is 4.79 Å². The minimum atomic E-state index is -3.31. The van der Waals surface area contributed by atoms with Crippen LogP contribution < -0.4 is 4.74 Å². The lowest BCUT2D eigenvalue weighted by Crippen LogP contribution is -2.52. The van der Waals surface area contributed by atoms with Crippen LogP contribution in [0.1, 0.15) is 31.4 Å². The minimum absolute atomic E-state index is 0.0702. The second-order valence-electron chi connectivity index (χ2n) is 7.80. The van der Waals surface area contributed by atoms with E-state index in [0.717, 1.165) is 45.0 Å². The van der Waals surface area contributed by atoms with Crippen molar-refractivity contribution in [1.29, 1.82) is 0 Å². The highest BCUT2D eigenvalue weighted by molar-refractivity contribution is 7.90. The number of sulfone groups is 1. The highest BCUT2D eigenvalue weighted by atomic mass is 32.2. The molecule has 2 fully saturated rings. The highest BCUT2D eigenvalue weighted by Gasteiger charge is 2.29. The molecule has 1 aromatic heterocycles. The van der Waals surface area contributed by atoms with Crippen molar-refractivity contribution in [2.24, 2.45) is 5.92 Å². The molecule has 1 saturated carbocycles. The SMILES string of the molecule is Cc1nc(S(C)(=O)=O)ccc1OC[C@H]1CC[C@H](N2CCN(C(=O)O)CC2)CC1. The average Bonchev–Trinajstić information content (AvgIpc) is 2.67. The van der Waals surface area contributed by atoms with Crippen molar-refractivity contribution in [2.75, 3.05) is 39.0 Å².